The van der Waals surface area contributed by atoms with Crippen LogP contribution in [-0.4, -0.2) is 11.3 Å². The Morgan fingerprint density at radius 1 is 0.289 bits per heavy atom. The summed E-state index contributed by atoms with van der Waals surface area (Å²) in [4.78, 5) is 2.73. The zero-order valence-corrected chi connectivity index (χ0v) is 51.6. The van der Waals surface area contributed by atoms with Crippen molar-refractivity contribution in [2.45, 2.75) is 131 Å². The molecule has 10 aromatic carbocycles. The molecule has 3 heteroatoms. The molecule has 0 saturated heterocycles. The van der Waals surface area contributed by atoms with Gasteiger partial charge in [0, 0.05) is 44.5 Å². The maximum atomic E-state index is 2.73. The van der Waals surface area contributed by atoms with Gasteiger partial charge in [-0.3, -0.25) is 0 Å². The van der Waals surface area contributed by atoms with E-state index in [9.17, 15) is 0 Å². The summed E-state index contributed by atoms with van der Waals surface area (Å²) in [7, 11) is 0. The van der Waals surface area contributed by atoms with Gasteiger partial charge >= 0.3 is 0 Å². The lowest BCUT2D eigenvalue weighted by Gasteiger charge is -2.44. The molecule has 13 rings (SSSR count). The lowest BCUT2D eigenvalue weighted by atomic mass is 9.33. The number of hydrogen-bond acceptors (Lipinski definition) is 1. The van der Waals surface area contributed by atoms with Gasteiger partial charge in [-0.15, -0.1) is 0 Å². The van der Waals surface area contributed by atoms with Gasteiger partial charge in [0.1, 0.15) is 0 Å². The zero-order valence-electron chi connectivity index (χ0n) is 51.6. The van der Waals surface area contributed by atoms with E-state index in [4.69, 9.17) is 0 Å². The van der Waals surface area contributed by atoms with Crippen molar-refractivity contribution in [3.8, 4) is 39.1 Å². The van der Waals surface area contributed by atoms with E-state index in [1.165, 1.54) is 144 Å². The predicted octanol–water partition coefficient (Wildman–Crippen LogP) is 20.3. The zero-order chi connectivity index (χ0) is 58.3. The van der Waals surface area contributed by atoms with Crippen LogP contribution >= 0.6 is 0 Å². The van der Waals surface area contributed by atoms with E-state index in [1.54, 1.807) is 0 Å². The third-order valence-electron chi connectivity index (χ3n) is 18.1. The van der Waals surface area contributed by atoms with Gasteiger partial charge in [-0.2, -0.15) is 0 Å². The standard InChI is InChI=1S/C80H79BN2/c1-76(2,3)54-38-39-67-70(47-54)83(74-64(50-28-18-16-19-29-50)45-57(79(10,11)12)46-65(74)51-30-20-17-21-31-51)72-49-58(80(13,14)15)48-71-73(72)81(67)68-43-53(52-40-55(77(4,5)6)44-56(41-52)78(7,8)9)42-66-62-35-25-23-33-60(62)59-32-22-24-34-61(59)63-36-26-27-37-69(63)82(71)75(66)68/h16-49H,1-15H3. The van der Waals surface area contributed by atoms with E-state index < -0.39 is 0 Å². The molecule has 2 aliphatic rings. The monoisotopic (exact) mass is 1080 g/mol. The fraction of sp³-hybridized carbons (Fsp3) is 0.250. The summed E-state index contributed by atoms with van der Waals surface area (Å²) in [6, 6.07) is 80.3. The molecule has 0 radical (unpaired) electrons. The van der Waals surface area contributed by atoms with E-state index >= 15 is 0 Å². The highest BCUT2D eigenvalue weighted by Gasteiger charge is 2.44. The van der Waals surface area contributed by atoms with E-state index in [1.807, 2.05) is 0 Å². The molecule has 2 nitrogen and oxygen atoms in total. The molecule has 0 spiro atoms. The average Bonchev–Trinajstić information content (AvgIpc) is 1.63. The van der Waals surface area contributed by atoms with Gasteiger partial charge in [0.25, 0.3) is 6.71 Å². The van der Waals surface area contributed by atoms with Gasteiger partial charge in [0.2, 0.25) is 0 Å². The Bertz CT molecular complexity index is 4410. The van der Waals surface area contributed by atoms with Crippen molar-refractivity contribution in [3.63, 3.8) is 0 Å². The molecular formula is C80H79BN2. The van der Waals surface area contributed by atoms with Gasteiger partial charge in [-0.25, -0.2) is 0 Å². The normalized spacial score (nSPS) is 13.4. The van der Waals surface area contributed by atoms with Gasteiger partial charge in [0.15, 0.2) is 0 Å². The summed E-state index contributed by atoms with van der Waals surface area (Å²) in [5.41, 5.74) is 24.4. The highest BCUT2D eigenvalue weighted by molar-refractivity contribution is 7.00. The largest absolute Gasteiger partial charge is 0.310 e. The lowest BCUT2D eigenvalue weighted by Crippen LogP contribution is -2.61. The number of fused-ring (bicyclic) bond motifs is 11. The quantitative estimate of drug-likeness (QED) is 0.160. The van der Waals surface area contributed by atoms with Crippen LogP contribution in [0.15, 0.2) is 206 Å². The molecule has 0 bridgehead atoms. The summed E-state index contributed by atoms with van der Waals surface area (Å²) in [5, 5.41) is 7.36. The molecule has 0 aliphatic carbocycles. The Labute approximate surface area is 494 Å². The fourth-order valence-corrected chi connectivity index (χ4v) is 13.3. The van der Waals surface area contributed by atoms with Crippen molar-refractivity contribution >= 4 is 83.5 Å². The van der Waals surface area contributed by atoms with Crippen LogP contribution in [-0.2, 0) is 27.1 Å². The van der Waals surface area contributed by atoms with Crippen molar-refractivity contribution in [1.29, 1.82) is 0 Å². The number of nitrogens with zero attached hydrogens (tertiary/aromatic N) is 2. The van der Waals surface area contributed by atoms with E-state index in [-0.39, 0.29) is 33.8 Å². The Hall–Kier alpha value is -8.14. The molecule has 0 atom stereocenters. The van der Waals surface area contributed by atoms with Crippen molar-refractivity contribution < 1.29 is 0 Å². The number of aromatic nitrogens is 1. The number of anilines is 3. The van der Waals surface area contributed by atoms with Gasteiger partial charge in [-0.1, -0.05) is 268 Å². The molecule has 0 N–H and O–H groups in total. The molecule has 0 unspecified atom stereocenters. The predicted molar refractivity (Wildman–Crippen MR) is 363 cm³/mol. The Morgan fingerprint density at radius 3 is 1.22 bits per heavy atom. The van der Waals surface area contributed by atoms with Crippen molar-refractivity contribution in [1.82, 2.24) is 4.57 Å². The van der Waals surface area contributed by atoms with Crippen LogP contribution < -0.4 is 21.3 Å². The average molecular weight is 1080 g/mol. The highest BCUT2D eigenvalue weighted by atomic mass is 15.2. The second-order valence-electron chi connectivity index (χ2n) is 29.1. The van der Waals surface area contributed by atoms with Crippen molar-refractivity contribution in [3.05, 3.63) is 234 Å². The number of benzene rings is 10. The summed E-state index contributed by atoms with van der Waals surface area (Å²) in [5.74, 6) is 0. The van der Waals surface area contributed by atoms with Crippen LogP contribution in [0.2, 0.25) is 0 Å². The molecule has 0 fully saturated rings. The van der Waals surface area contributed by atoms with E-state index in [2.05, 4.69) is 320 Å². The number of rotatable bonds is 4. The molecule has 0 saturated carbocycles. The van der Waals surface area contributed by atoms with Crippen LogP contribution in [0.4, 0.5) is 17.1 Å². The van der Waals surface area contributed by atoms with Gasteiger partial charge in [0.05, 0.1) is 11.2 Å². The fourth-order valence-electron chi connectivity index (χ4n) is 13.3. The maximum absolute atomic E-state index is 2.73. The third-order valence-corrected chi connectivity index (χ3v) is 18.1. The SMILES string of the molecule is CC(C)(C)c1cc(-c2cc3c4c(c2)c2ccccc2c2ccccc2c2ccccc2n4-c2cc(C(C)(C)C)cc4c2B3c2ccc(C(C)(C)C)cc2N4c2c(-c3ccccc3)cc(C(C)(C)C)cc2-c2ccccc2)cc(C(C)(C)C)c1. The molecule has 2 aliphatic heterocycles. The molecule has 11 aromatic rings. The van der Waals surface area contributed by atoms with E-state index in [0.717, 1.165) is 0 Å². The molecule has 83 heavy (non-hydrogen) atoms. The second-order valence-corrected chi connectivity index (χ2v) is 29.1. The number of para-hydroxylation sites is 1. The minimum Gasteiger partial charge on any atom is -0.310 e. The Balaban J connectivity index is 1.31. The van der Waals surface area contributed by atoms with Crippen molar-refractivity contribution in [2.24, 2.45) is 0 Å². The minimum absolute atomic E-state index is 0.0694. The topological polar surface area (TPSA) is 8.17 Å². The second kappa shape index (κ2) is 19.2. The molecular weight excluding hydrogens is 1000 g/mol. The smallest absolute Gasteiger partial charge is 0.252 e. The Kier molecular flexibility index (Phi) is 12.5. The lowest BCUT2D eigenvalue weighted by molar-refractivity contribution is 0.569. The first kappa shape index (κ1) is 54.1. The first-order chi connectivity index (χ1) is 39.3. The number of hydrogen-bond donors (Lipinski definition) is 0. The first-order valence-corrected chi connectivity index (χ1v) is 30.2. The summed E-state index contributed by atoms with van der Waals surface area (Å²) < 4.78 is 2.71. The third kappa shape index (κ3) is 9.18. The molecule has 1 aromatic heterocycles. The van der Waals surface area contributed by atoms with Crippen LogP contribution in [0.1, 0.15) is 132 Å². The van der Waals surface area contributed by atoms with Gasteiger partial charge < -0.3 is 9.47 Å². The van der Waals surface area contributed by atoms with Crippen LogP contribution in [0.3, 0.4) is 0 Å². The molecule has 0 amide bonds. The minimum atomic E-state index is -0.227. The van der Waals surface area contributed by atoms with E-state index in [0.29, 0.717) is 0 Å². The Morgan fingerprint density at radius 2 is 0.699 bits per heavy atom. The summed E-state index contributed by atoms with van der Waals surface area (Å²) in [6.07, 6.45) is 0. The maximum Gasteiger partial charge on any atom is 0.252 e. The van der Waals surface area contributed by atoms with Gasteiger partial charge in [-0.05, 0) is 158 Å². The summed E-state index contributed by atoms with van der Waals surface area (Å²) in [6.45, 7) is 35.4. The first-order valence-electron chi connectivity index (χ1n) is 30.2. The van der Waals surface area contributed by atoms with Crippen molar-refractivity contribution in [2.75, 3.05) is 4.90 Å². The summed E-state index contributed by atoms with van der Waals surface area (Å²) >= 11 is 0. The molecule has 412 valence electrons. The van der Waals surface area contributed by atoms with Crippen LogP contribution in [0.25, 0.3) is 82.4 Å². The highest BCUT2D eigenvalue weighted by Crippen LogP contribution is 2.52. The van der Waals surface area contributed by atoms with Crippen LogP contribution in [0, 0.1) is 0 Å². The molecule has 3 heterocycles. The van der Waals surface area contributed by atoms with Crippen LogP contribution in [0.5, 0.6) is 0 Å².